The van der Waals surface area contributed by atoms with Crippen LogP contribution in [0, 0.1) is 0 Å². The number of aromatic nitrogens is 4. The molecule has 0 saturated carbocycles. The minimum atomic E-state index is 0.793. The van der Waals surface area contributed by atoms with Crippen LogP contribution >= 0.6 is 11.8 Å². The van der Waals surface area contributed by atoms with Gasteiger partial charge in [0.05, 0.1) is 0 Å². The number of fused-ring (bicyclic) bond motifs is 1. The van der Waals surface area contributed by atoms with Gasteiger partial charge in [-0.05, 0) is 28.5 Å². The van der Waals surface area contributed by atoms with Crippen LogP contribution in [0.1, 0.15) is 17.1 Å². The number of aryl methyl sites for hydroxylation is 1. The van der Waals surface area contributed by atoms with Crippen LogP contribution in [0.3, 0.4) is 0 Å². The van der Waals surface area contributed by atoms with E-state index in [2.05, 4.69) is 87.2 Å². The summed E-state index contributed by atoms with van der Waals surface area (Å²) >= 11 is 1.74. The lowest BCUT2D eigenvalue weighted by Gasteiger charge is -2.07. The van der Waals surface area contributed by atoms with E-state index in [9.17, 15) is 0 Å². The van der Waals surface area contributed by atoms with Gasteiger partial charge in [0.25, 0.3) is 0 Å². The Balaban J connectivity index is 1.53. The molecule has 4 rings (SSSR count). The molecular weight excluding hydrogens is 328 g/mol. The third-order valence-corrected chi connectivity index (χ3v) is 5.62. The van der Waals surface area contributed by atoms with Gasteiger partial charge in [-0.25, -0.2) is 0 Å². The molecule has 0 saturated heterocycles. The molecule has 0 atom stereocenters. The van der Waals surface area contributed by atoms with Crippen LogP contribution < -0.4 is 0 Å². The average Bonchev–Trinajstić information content (AvgIpc) is 3.20. The summed E-state index contributed by atoms with van der Waals surface area (Å²) in [4.78, 5) is 0. The Morgan fingerprint density at radius 2 is 1.76 bits per heavy atom. The summed E-state index contributed by atoms with van der Waals surface area (Å²) in [6, 6.07) is 19.2. The highest BCUT2D eigenvalue weighted by atomic mass is 32.2. The smallest absolute Gasteiger partial charge is 0.191 e. The molecule has 126 valence electrons. The van der Waals surface area contributed by atoms with Crippen LogP contribution in [0.2, 0.25) is 0 Å². The van der Waals surface area contributed by atoms with Crippen LogP contribution in [-0.2, 0) is 26.3 Å². The third kappa shape index (κ3) is 3.20. The molecule has 0 aliphatic heterocycles. The van der Waals surface area contributed by atoms with Crippen molar-refractivity contribution >= 4 is 22.5 Å². The van der Waals surface area contributed by atoms with E-state index < -0.39 is 0 Å². The van der Waals surface area contributed by atoms with Crippen molar-refractivity contribution < 1.29 is 0 Å². The molecule has 25 heavy (non-hydrogen) atoms. The first kappa shape index (κ1) is 16.0. The van der Waals surface area contributed by atoms with Crippen LogP contribution in [-0.4, -0.2) is 19.3 Å². The van der Waals surface area contributed by atoms with Crippen LogP contribution in [0.4, 0.5) is 0 Å². The number of thioether (sulfide) groups is 1. The fourth-order valence-corrected chi connectivity index (χ4v) is 3.96. The summed E-state index contributed by atoms with van der Waals surface area (Å²) in [5, 5.41) is 12.3. The van der Waals surface area contributed by atoms with Gasteiger partial charge in [0, 0.05) is 38.2 Å². The Hall–Kier alpha value is -2.53. The maximum atomic E-state index is 4.39. The third-order valence-electron chi connectivity index (χ3n) is 4.55. The topological polar surface area (TPSA) is 35.6 Å². The number of benzene rings is 2. The summed E-state index contributed by atoms with van der Waals surface area (Å²) in [5.41, 5.74) is 2.57. The Morgan fingerprint density at radius 3 is 2.60 bits per heavy atom. The molecule has 4 nitrogen and oxygen atoms in total. The summed E-state index contributed by atoms with van der Waals surface area (Å²) in [5.74, 6) is 1.87. The Kier molecular flexibility index (Phi) is 4.32. The number of nitrogens with zero attached hydrogens (tertiary/aromatic N) is 4. The van der Waals surface area contributed by atoms with Crippen molar-refractivity contribution in [3.63, 3.8) is 0 Å². The predicted molar refractivity (Wildman–Crippen MR) is 103 cm³/mol. The molecule has 2 aromatic carbocycles. The molecule has 2 heterocycles. The van der Waals surface area contributed by atoms with Gasteiger partial charge in [-0.2, -0.15) is 0 Å². The Morgan fingerprint density at radius 1 is 0.920 bits per heavy atom. The van der Waals surface area contributed by atoms with Crippen LogP contribution in [0.5, 0.6) is 0 Å². The zero-order chi connectivity index (χ0) is 17.2. The van der Waals surface area contributed by atoms with Gasteiger partial charge in [0.1, 0.15) is 5.82 Å². The van der Waals surface area contributed by atoms with Crippen molar-refractivity contribution in [3.05, 3.63) is 77.9 Å². The fraction of sp³-hybridized carbons (Fsp3) is 0.200. The molecule has 4 aromatic rings. The van der Waals surface area contributed by atoms with E-state index in [-0.39, 0.29) is 0 Å². The number of rotatable bonds is 5. The summed E-state index contributed by atoms with van der Waals surface area (Å²) in [7, 11) is 4.10. The molecule has 0 aliphatic rings. The lowest BCUT2D eigenvalue weighted by atomic mass is 10.1. The highest BCUT2D eigenvalue weighted by Gasteiger charge is 2.12. The van der Waals surface area contributed by atoms with Crippen LogP contribution in [0.15, 0.2) is 66.0 Å². The maximum Gasteiger partial charge on any atom is 0.191 e. The van der Waals surface area contributed by atoms with Gasteiger partial charge < -0.3 is 9.13 Å². The SMILES string of the molecule is Cn1cccc1Cc1nnc(SCc2cccc3ccccc23)n1C. The predicted octanol–water partition coefficient (Wildman–Crippen LogP) is 4.19. The van der Waals surface area contributed by atoms with E-state index in [1.165, 1.54) is 22.0 Å². The summed E-state index contributed by atoms with van der Waals surface area (Å²) in [6.07, 6.45) is 2.85. The molecule has 2 aromatic heterocycles. The minimum absolute atomic E-state index is 0.793. The molecule has 0 spiro atoms. The highest BCUT2D eigenvalue weighted by molar-refractivity contribution is 7.98. The first-order valence-electron chi connectivity index (χ1n) is 8.30. The molecule has 0 bridgehead atoms. The first-order chi connectivity index (χ1) is 12.2. The average molecular weight is 348 g/mol. The molecule has 0 unspecified atom stereocenters. The molecule has 0 amide bonds. The molecule has 5 heteroatoms. The fourth-order valence-electron chi connectivity index (χ4n) is 3.03. The van der Waals surface area contributed by atoms with E-state index in [4.69, 9.17) is 0 Å². The van der Waals surface area contributed by atoms with E-state index >= 15 is 0 Å². The van der Waals surface area contributed by atoms with Crippen molar-refractivity contribution in [2.24, 2.45) is 14.1 Å². The second kappa shape index (κ2) is 6.76. The van der Waals surface area contributed by atoms with Crippen LogP contribution in [0.25, 0.3) is 10.8 Å². The minimum Gasteiger partial charge on any atom is -0.354 e. The number of hydrogen-bond acceptors (Lipinski definition) is 3. The van der Waals surface area contributed by atoms with Gasteiger partial charge in [0.15, 0.2) is 5.16 Å². The highest BCUT2D eigenvalue weighted by Crippen LogP contribution is 2.26. The van der Waals surface area contributed by atoms with Gasteiger partial charge >= 0.3 is 0 Å². The molecule has 0 fully saturated rings. The Bertz CT molecular complexity index is 1010. The maximum absolute atomic E-state index is 4.39. The zero-order valence-corrected chi connectivity index (χ0v) is 15.2. The van der Waals surface area contributed by atoms with Crippen molar-refractivity contribution in [2.45, 2.75) is 17.3 Å². The summed E-state index contributed by atoms with van der Waals surface area (Å²) < 4.78 is 4.22. The summed E-state index contributed by atoms with van der Waals surface area (Å²) in [6.45, 7) is 0. The van der Waals surface area contributed by atoms with E-state index in [0.29, 0.717) is 0 Å². The van der Waals surface area contributed by atoms with Gasteiger partial charge in [-0.3, -0.25) is 0 Å². The van der Waals surface area contributed by atoms with Crippen molar-refractivity contribution in [1.82, 2.24) is 19.3 Å². The van der Waals surface area contributed by atoms with Crippen molar-refractivity contribution in [1.29, 1.82) is 0 Å². The van der Waals surface area contributed by atoms with E-state index in [1.54, 1.807) is 11.8 Å². The van der Waals surface area contributed by atoms with Gasteiger partial charge in [-0.1, -0.05) is 54.2 Å². The lowest BCUT2D eigenvalue weighted by Crippen LogP contribution is -2.03. The molecule has 0 N–H and O–H groups in total. The van der Waals surface area contributed by atoms with Gasteiger partial charge in [-0.15, -0.1) is 10.2 Å². The van der Waals surface area contributed by atoms with Crippen molar-refractivity contribution in [2.75, 3.05) is 0 Å². The second-order valence-corrected chi connectivity index (χ2v) is 7.11. The van der Waals surface area contributed by atoms with E-state index in [0.717, 1.165) is 23.2 Å². The van der Waals surface area contributed by atoms with E-state index in [1.807, 2.05) is 7.05 Å². The lowest BCUT2D eigenvalue weighted by molar-refractivity contribution is 0.731. The molecule has 0 aliphatic carbocycles. The standard InChI is InChI=1S/C20H20N4S/c1-23-12-6-10-17(23)13-19-21-22-20(24(19)2)25-14-16-9-5-8-15-7-3-4-11-18(15)16/h3-12H,13-14H2,1-2H3. The first-order valence-corrected chi connectivity index (χ1v) is 9.29. The quantitative estimate of drug-likeness (QED) is 0.507. The molecule has 0 radical (unpaired) electrons. The number of hydrogen-bond donors (Lipinski definition) is 0. The Labute approximate surface area is 151 Å². The molecular formula is C20H20N4S. The normalized spacial score (nSPS) is 11.3. The monoisotopic (exact) mass is 348 g/mol. The zero-order valence-electron chi connectivity index (χ0n) is 14.4. The van der Waals surface area contributed by atoms with Gasteiger partial charge in [0.2, 0.25) is 0 Å². The second-order valence-electron chi connectivity index (χ2n) is 6.17. The van der Waals surface area contributed by atoms with Crippen molar-refractivity contribution in [3.8, 4) is 0 Å². The largest absolute Gasteiger partial charge is 0.354 e.